The SMILES string of the molecule is Brc1cccc([C@H]2CC[C@H]3CCCCN32)c1.[O-][Cl+3]([O-])([O-])O. The van der Waals surface area contributed by atoms with Crippen molar-refractivity contribution >= 4 is 15.9 Å². The molecule has 21 heavy (non-hydrogen) atoms. The lowest BCUT2D eigenvalue weighted by Crippen LogP contribution is -2.58. The van der Waals surface area contributed by atoms with E-state index in [9.17, 15) is 0 Å². The van der Waals surface area contributed by atoms with Crippen LogP contribution in [0.3, 0.4) is 0 Å². The van der Waals surface area contributed by atoms with Crippen molar-refractivity contribution in [1.82, 2.24) is 4.90 Å². The lowest BCUT2D eigenvalue weighted by Gasteiger charge is -2.34. The van der Waals surface area contributed by atoms with Gasteiger partial charge in [-0.3, -0.25) is 4.90 Å². The Balaban J connectivity index is 0.000000282. The summed E-state index contributed by atoms with van der Waals surface area (Å²) in [5.41, 5.74) is 1.50. The molecule has 0 spiro atoms. The van der Waals surface area contributed by atoms with Crippen LogP contribution in [0.2, 0.25) is 0 Å². The molecule has 0 amide bonds. The Morgan fingerprint density at radius 3 is 2.52 bits per heavy atom. The van der Waals surface area contributed by atoms with E-state index in [0.717, 1.165) is 6.04 Å². The van der Waals surface area contributed by atoms with E-state index >= 15 is 0 Å². The number of halogens is 2. The number of nitrogens with zero attached hydrogens (tertiary/aromatic N) is 1. The molecule has 2 fully saturated rings. The van der Waals surface area contributed by atoms with Gasteiger partial charge in [-0.25, -0.2) is 0 Å². The van der Waals surface area contributed by atoms with Crippen LogP contribution in [0.1, 0.15) is 43.7 Å². The van der Waals surface area contributed by atoms with Crippen LogP contribution in [0, 0.1) is 10.2 Å². The molecule has 2 saturated heterocycles. The Labute approximate surface area is 135 Å². The average molecular weight is 381 g/mol. The van der Waals surface area contributed by atoms with Crippen molar-refractivity contribution in [1.29, 1.82) is 0 Å². The maximum atomic E-state index is 8.60. The van der Waals surface area contributed by atoms with Gasteiger partial charge in [-0.15, -0.1) is 0 Å². The van der Waals surface area contributed by atoms with Gasteiger partial charge in [0.15, 0.2) is 0 Å². The number of hydrogen-bond donors (Lipinski definition) is 1. The number of rotatable bonds is 1. The van der Waals surface area contributed by atoms with E-state index < -0.39 is 10.2 Å². The maximum Gasteiger partial charge on any atom is 0.0777 e. The van der Waals surface area contributed by atoms with Gasteiger partial charge in [-0.2, -0.15) is 14.0 Å². The Morgan fingerprint density at radius 2 is 1.86 bits per heavy atom. The van der Waals surface area contributed by atoms with Gasteiger partial charge < -0.3 is 0 Å². The second-order valence-electron chi connectivity index (χ2n) is 5.43. The smallest absolute Gasteiger partial charge is 0.0777 e. The van der Waals surface area contributed by atoms with E-state index in [2.05, 4.69) is 45.1 Å². The van der Waals surface area contributed by atoms with E-state index in [1.54, 1.807) is 0 Å². The van der Waals surface area contributed by atoms with Crippen LogP contribution in [0.4, 0.5) is 0 Å². The zero-order valence-corrected chi connectivity index (χ0v) is 13.9. The minimum absolute atomic E-state index is 0.683. The van der Waals surface area contributed by atoms with Crippen molar-refractivity contribution in [3.05, 3.63) is 34.3 Å². The van der Waals surface area contributed by atoms with Crippen LogP contribution < -0.4 is 14.0 Å². The fourth-order valence-electron chi connectivity index (χ4n) is 3.33. The molecule has 7 heteroatoms. The zero-order valence-electron chi connectivity index (χ0n) is 11.6. The Morgan fingerprint density at radius 1 is 1.14 bits per heavy atom. The van der Waals surface area contributed by atoms with Crippen molar-refractivity contribution in [2.75, 3.05) is 6.54 Å². The molecule has 2 heterocycles. The molecule has 3 rings (SSSR count). The number of piperidine rings is 1. The van der Waals surface area contributed by atoms with Gasteiger partial charge in [0.1, 0.15) is 0 Å². The number of hydrogen-bond acceptors (Lipinski definition) is 5. The molecule has 2 atom stereocenters. The Hall–Kier alpha value is -0.210. The third kappa shape index (κ3) is 5.49. The molecule has 0 aromatic heterocycles. The van der Waals surface area contributed by atoms with Crippen molar-refractivity contribution in [3.8, 4) is 0 Å². The van der Waals surface area contributed by atoms with Gasteiger partial charge in [0, 0.05) is 16.6 Å². The standard InChI is InChI=1S/C14H18BrN.ClHO4/c15-12-5-3-4-11(10-12)14-8-7-13-6-1-2-9-16(13)14;2-1(3,4)5/h3-5,10,13-14H,1-2,6-9H2;(H,2,3,4,5)/t13-,14-;/m1./s1. The largest absolute Gasteiger partial charge is 0.293 e. The van der Waals surface area contributed by atoms with Crippen LogP contribution in [0.25, 0.3) is 0 Å². The van der Waals surface area contributed by atoms with Crippen LogP contribution in [-0.2, 0) is 0 Å². The molecular formula is C14H19BrClNO4. The average Bonchev–Trinajstić information content (AvgIpc) is 2.80. The molecular weight excluding hydrogens is 362 g/mol. The monoisotopic (exact) mass is 379 g/mol. The highest BCUT2D eigenvalue weighted by atomic mass is 79.9. The second kappa shape index (κ2) is 7.37. The molecule has 5 nitrogen and oxygen atoms in total. The topological polar surface area (TPSA) is 92.7 Å². The van der Waals surface area contributed by atoms with Crippen molar-refractivity contribution in [2.24, 2.45) is 0 Å². The first-order valence-corrected chi connectivity index (χ1v) is 9.05. The van der Waals surface area contributed by atoms with Gasteiger partial charge in [-0.1, -0.05) is 34.5 Å². The minimum Gasteiger partial charge on any atom is -0.293 e. The zero-order chi connectivity index (χ0) is 15.5. The molecule has 0 aliphatic carbocycles. The molecule has 0 bridgehead atoms. The van der Waals surface area contributed by atoms with Crippen molar-refractivity contribution in [3.63, 3.8) is 0 Å². The minimum atomic E-state index is -4.69. The van der Waals surface area contributed by atoms with Gasteiger partial charge in [0.05, 0.1) is 14.9 Å². The van der Waals surface area contributed by atoms with Gasteiger partial charge in [-0.05, 0) is 49.9 Å². The van der Waals surface area contributed by atoms with Gasteiger partial charge >= 0.3 is 0 Å². The Bertz CT molecular complexity index is 463. The molecule has 1 N–H and O–H groups in total. The summed E-state index contributed by atoms with van der Waals surface area (Å²) in [7, 11) is -4.69. The summed E-state index contributed by atoms with van der Waals surface area (Å²) in [6.07, 6.45) is 7.00. The fraction of sp³-hybridized carbons (Fsp3) is 0.571. The third-order valence-corrected chi connectivity index (χ3v) is 4.57. The first kappa shape index (κ1) is 17.1. The molecule has 118 valence electrons. The van der Waals surface area contributed by atoms with Crippen molar-refractivity contribution in [2.45, 2.75) is 44.2 Å². The normalized spacial score (nSPS) is 26.0. The van der Waals surface area contributed by atoms with Gasteiger partial charge in [0.25, 0.3) is 0 Å². The van der Waals surface area contributed by atoms with E-state index in [1.807, 2.05) is 0 Å². The summed E-state index contributed by atoms with van der Waals surface area (Å²) in [5, 5.41) is 0. The lowest BCUT2D eigenvalue weighted by atomic mass is 10.0. The van der Waals surface area contributed by atoms with Crippen LogP contribution >= 0.6 is 15.9 Å². The van der Waals surface area contributed by atoms with E-state index in [0.29, 0.717) is 6.04 Å². The summed E-state index contributed by atoms with van der Waals surface area (Å²) >= 11 is 3.58. The van der Waals surface area contributed by atoms with Crippen molar-refractivity contribution < 1.29 is 28.9 Å². The summed E-state index contributed by atoms with van der Waals surface area (Å²) < 4.78 is 33.9. The van der Waals surface area contributed by atoms with E-state index in [-0.39, 0.29) is 0 Å². The number of fused-ring (bicyclic) bond motifs is 1. The maximum absolute atomic E-state index is 8.60. The van der Waals surface area contributed by atoms with E-state index in [4.69, 9.17) is 18.6 Å². The van der Waals surface area contributed by atoms with Gasteiger partial charge in [0.2, 0.25) is 0 Å². The fourth-order valence-corrected chi connectivity index (χ4v) is 3.75. The van der Waals surface area contributed by atoms with Crippen LogP contribution in [0.5, 0.6) is 0 Å². The molecule has 1 aromatic rings. The summed E-state index contributed by atoms with van der Waals surface area (Å²) in [6.45, 7) is 1.31. The predicted octanol–water partition coefficient (Wildman–Crippen LogP) is 0.0145. The highest BCUT2D eigenvalue weighted by Gasteiger charge is 2.35. The predicted molar refractivity (Wildman–Crippen MR) is 72.7 cm³/mol. The van der Waals surface area contributed by atoms with E-state index in [1.165, 1.54) is 48.7 Å². The summed E-state index contributed by atoms with van der Waals surface area (Å²) in [6, 6.07) is 10.4. The summed E-state index contributed by atoms with van der Waals surface area (Å²) in [5.74, 6) is 0. The highest BCUT2D eigenvalue weighted by Crippen LogP contribution is 2.40. The van der Waals surface area contributed by atoms with Crippen LogP contribution in [-0.4, -0.2) is 22.1 Å². The summed E-state index contributed by atoms with van der Waals surface area (Å²) in [4.78, 5) is 2.74. The number of benzene rings is 1. The molecule has 0 unspecified atom stereocenters. The highest BCUT2D eigenvalue weighted by molar-refractivity contribution is 9.10. The quantitative estimate of drug-likeness (QED) is 0.741. The molecule has 2 aliphatic rings. The molecule has 0 saturated carbocycles. The molecule has 1 aromatic carbocycles. The molecule has 0 radical (unpaired) electrons. The molecule has 2 aliphatic heterocycles. The Kier molecular flexibility index (Phi) is 6.02. The lowest BCUT2D eigenvalue weighted by molar-refractivity contribution is -1.92. The third-order valence-electron chi connectivity index (χ3n) is 4.08. The first-order valence-electron chi connectivity index (χ1n) is 6.99. The van der Waals surface area contributed by atoms with Crippen LogP contribution in [0.15, 0.2) is 28.7 Å². The second-order valence-corrected chi connectivity index (χ2v) is 7.14. The first-order chi connectivity index (χ1) is 9.84.